The van der Waals surface area contributed by atoms with Crippen LogP contribution in [0, 0.1) is 17.3 Å². The number of hydrogen-bond donors (Lipinski definition) is 1. The summed E-state index contributed by atoms with van der Waals surface area (Å²) >= 11 is 0. The van der Waals surface area contributed by atoms with Crippen molar-refractivity contribution in [1.82, 2.24) is 4.90 Å². The molecule has 0 radical (unpaired) electrons. The largest absolute Gasteiger partial charge is 0.504 e. The number of fused-ring (bicyclic) bond motifs is 3. The first kappa shape index (κ1) is 24.0. The first-order chi connectivity index (χ1) is 19.6. The topological polar surface area (TPSA) is 51.2 Å². The van der Waals surface area contributed by atoms with Gasteiger partial charge in [0.25, 0.3) is 0 Å². The van der Waals surface area contributed by atoms with E-state index in [0.717, 1.165) is 43.9 Å². The molecular weight excluding hydrogens is 498 g/mol. The molecule has 6 atom stereocenters. The van der Waals surface area contributed by atoms with E-state index in [9.17, 15) is 5.11 Å². The second kappa shape index (κ2) is 8.24. The number of aromatic hydroxyl groups is 1. The Balaban J connectivity index is 1.10. The molecule has 4 bridgehead atoms. The maximum absolute atomic E-state index is 11.1. The van der Waals surface area contributed by atoms with Gasteiger partial charge in [-0.25, -0.2) is 0 Å². The number of piperidine rings is 1. The summed E-state index contributed by atoms with van der Waals surface area (Å²) in [7, 11) is 1.89. The van der Waals surface area contributed by atoms with Crippen molar-refractivity contribution in [3.05, 3.63) is 71.3 Å². The summed E-state index contributed by atoms with van der Waals surface area (Å²) in [5.41, 5.74) is 3.60. The number of methoxy groups -OCH3 is 1. The summed E-state index contributed by atoms with van der Waals surface area (Å²) in [5, 5.41) is 13.6. The number of likely N-dealkylation sites (tertiary alicyclic amines) is 1. The van der Waals surface area contributed by atoms with E-state index < -0.39 is 5.60 Å². The van der Waals surface area contributed by atoms with E-state index in [4.69, 9.17) is 14.2 Å². The van der Waals surface area contributed by atoms with Crippen LogP contribution in [-0.2, 0) is 27.9 Å². The molecule has 5 fully saturated rings. The summed E-state index contributed by atoms with van der Waals surface area (Å²) in [6.45, 7) is 3.63. The lowest BCUT2D eigenvalue weighted by Crippen LogP contribution is -2.81. The molecule has 10 rings (SSSR count). The Morgan fingerprint density at radius 3 is 2.77 bits per heavy atom. The van der Waals surface area contributed by atoms with Gasteiger partial charge in [0.2, 0.25) is 0 Å². The highest BCUT2D eigenvalue weighted by atomic mass is 16.6. The van der Waals surface area contributed by atoms with E-state index in [2.05, 4.69) is 53.4 Å². The van der Waals surface area contributed by atoms with Gasteiger partial charge in [0.1, 0.15) is 11.7 Å². The van der Waals surface area contributed by atoms with Crippen LogP contribution in [0.25, 0.3) is 10.8 Å². The van der Waals surface area contributed by atoms with Gasteiger partial charge in [-0.05, 0) is 85.4 Å². The smallest absolute Gasteiger partial charge is 0.165 e. The molecule has 208 valence electrons. The Morgan fingerprint density at radius 2 is 1.90 bits per heavy atom. The number of benzene rings is 3. The Bertz CT molecular complexity index is 1510. The van der Waals surface area contributed by atoms with E-state index in [1.807, 2.05) is 13.2 Å². The zero-order valence-electron chi connectivity index (χ0n) is 23.4. The van der Waals surface area contributed by atoms with Crippen LogP contribution in [0.3, 0.4) is 0 Å². The monoisotopic (exact) mass is 537 g/mol. The molecule has 0 amide bonds. The van der Waals surface area contributed by atoms with Gasteiger partial charge in [-0.2, -0.15) is 0 Å². The molecule has 2 aliphatic heterocycles. The predicted octanol–water partition coefficient (Wildman–Crippen LogP) is 5.99. The van der Waals surface area contributed by atoms with Gasteiger partial charge in [0, 0.05) is 42.0 Å². The van der Waals surface area contributed by atoms with Gasteiger partial charge in [-0.15, -0.1) is 0 Å². The van der Waals surface area contributed by atoms with E-state index in [-0.39, 0.29) is 22.9 Å². The van der Waals surface area contributed by atoms with Crippen molar-refractivity contribution >= 4 is 10.8 Å². The quantitative estimate of drug-likeness (QED) is 0.402. The highest BCUT2D eigenvalue weighted by Gasteiger charge is 2.80. The third kappa shape index (κ3) is 2.89. The normalized spacial score (nSPS) is 37.0. The van der Waals surface area contributed by atoms with Gasteiger partial charge >= 0.3 is 0 Å². The van der Waals surface area contributed by atoms with Crippen LogP contribution in [0.5, 0.6) is 11.5 Å². The first-order valence-electron chi connectivity index (χ1n) is 15.5. The molecule has 5 aliphatic carbocycles. The Morgan fingerprint density at radius 1 is 1.02 bits per heavy atom. The fourth-order valence-corrected chi connectivity index (χ4v) is 10.5. The maximum Gasteiger partial charge on any atom is 0.165 e. The van der Waals surface area contributed by atoms with Crippen LogP contribution < -0.4 is 4.74 Å². The zero-order chi connectivity index (χ0) is 26.7. The number of phenolic OH excluding ortho intramolecular Hbond substituents is 1. The van der Waals surface area contributed by atoms with Crippen molar-refractivity contribution in [3.63, 3.8) is 0 Å². The number of rotatable bonds is 7. The minimum Gasteiger partial charge on any atom is -0.504 e. The summed E-state index contributed by atoms with van der Waals surface area (Å²) in [5.74, 6) is 2.18. The Labute approximate surface area is 236 Å². The average Bonchev–Trinajstić information content (AvgIpc) is 3.72. The Hall–Kier alpha value is -2.60. The number of hydrogen-bond acceptors (Lipinski definition) is 5. The molecule has 2 spiro atoms. The van der Waals surface area contributed by atoms with E-state index in [1.54, 1.807) is 0 Å². The second-order valence-electron chi connectivity index (χ2n) is 13.7. The van der Waals surface area contributed by atoms with Crippen LogP contribution >= 0.6 is 0 Å². The highest BCUT2D eigenvalue weighted by Crippen LogP contribution is 2.76. The van der Waals surface area contributed by atoms with Crippen LogP contribution in [0.2, 0.25) is 0 Å². The fraction of sp³-hybridized carbons (Fsp3) is 0.543. The van der Waals surface area contributed by atoms with E-state index in [1.165, 1.54) is 53.3 Å². The molecule has 3 aromatic carbocycles. The second-order valence-corrected chi connectivity index (χ2v) is 13.7. The minimum absolute atomic E-state index is 0.0772. The Kier molecular flexibility index (Phi) is 4.95. The van der Waals surface area contributed by atoms with Crippen molar-refractivity contribution in [1.29, 1.82) is 0 Å². The molecule has 0 aromatic heterocycles. The highest BCUT2D eigenvalue weighted by molar-refractivity contribution is 5.85. The summed E-state index contributed by atoms with van der Waals surface area (Å²) in [4.78, 5) is 2.87. The molecular formula is C35H39NO4. The predicted molar refractivity (Wildman–Crippen MR) is 154 cm³/mol. The molecule has 1 N–H and O–H groups in total. The van der Waals surface area contributed by atoms with Crippen molar-refractivity contribution in [2.45, 2.75) is 74.7 Å². The lowest BCUT2D eigenvalue weighted by Gasteiger charge is -2.74. The number of phenols is 1. The molecule has 4 saturated carbocycles. The third-order valence-corrected chi connectivity index (χ3v) is 12.3. The molecule has 1 saturated heterocycles. The maximum atomic E-state index is 11.1. The van der Waals surface area contributed by atoms with Crippen LogP contribution in [-0.4, -0.2) is 54.6 Å². The lowest BCUT2D eigenvalue weighted by atomic mass is 9.35. The van der Waals surface area contributed by atoms with E-state index in [0.29, 0.717) is 25.0 Å². The lowest BCUT2D eigenvalue weighted by molar-refractivity contribution is -0.283. The van der Waals surface area contributed by atoms with Gasteiger partial charge in [-0.3, -0.25) is 4.90 Å². The van der Waals surface area contributed by atoms with Crippen LogP contribution in [0.1, 0.15) is 55.2 Å². The minimum atomic E-state index is -0.413. The van der Waals surface area contributed by atoms with Gasteiger partial charge in [0.15, 0.2) is 11.5 Å². The van der Waals surface area contributed by atoms with Gasteiger partial charge in [0.05, 0.1) is 13.2 Å². The molecule has 5 heteroatoms. The standard InChI is InChI=1S/C35H39NO4/c1-38-35-14-13-33(18-26(35)21-39-20-25-7-4-6-23-5-2-3-8-27(23)25)29-17-24-11-12-28(37)31-30(24)34(33,32(35)40-31)15-16-36(29)19-22-9-10-22/h2-8,11-12,22,26,29,32,37H,9-10,13-21H2,1H3/t26-,29-,32-,33-,34+,35-/m1/s1. The number of nitrogens with zero attached hydrogens (tertiary/aromatic N) is 1. The number of ether oxygens (including phenoxy) is 3. The molecule has 5 nitrogen and oxygen atoms in total. The molecule has 2 heterocycles. The van der Waals surface area contributed by atoms with Crippen molar-refractivity contribution in [2.24, 2.45) is 17.3 Å². The molecule has 3 aromatic rings. The third-order valence-electron chi connectivity index (χ3n) is 12.3. The SMILES string of the molecule is CO[C@]12CC[C@@]3(C[C@@H]1COCc1cccc4ccccc14)[C@H]1Cc4ccc(O)c5c4[C@@]3(CCN1CC1CC1)[C@H]2O5. The zero-order valence-corrected chi connectivity index (χ0v) is 23.4. The molecule has 0 unspecified atom stereocenters. The average molecular weight is 538 g/mol. The van der Waals surface area contributed by atoms with Crippen molar-refractivity contribution < 1.29 is 19.3 Å². The van der Waals surface area contributed by atoms with Crippen LogP contribution in [0.4, 0.5) is 0 Å². The van der Waals surface area contributed by atoms with Gasteiger partial charge < -0.3 is 19.3 Å². The molecule has 7 aliphatic rings. The van der Waals surface area contributed by atoms with Crippen LogP contribution in [0.15, 0.2) is 54.6 Å². The summed E-state index contributed by atoms with van der Waals surface area (Å²) in [6, 6.07) is 19.6. The summed E-state index contributed by atoms with van der Waals surface area (Å²) < 4.78 is 20.2. The van der Waals surface area contributed by atoms with E-state index >= 15 is 0 Å². The first-order valence-corrected chi connectivity index (χ1v) is 15.5. The van der Waals surface area contributed by atoms with Crippen molar-refractivity contribution in [3.8, 4) is 11.5 Å². The van der Waals surface area contributed by atoms with Crippen molar-refractivity contribution in [2.75, 3.05) is 26.8 Å². The summed E-state index contributed by atoms with van der Waals surface area (Å²) in [6.07, 6.45) is 8.13. The molecule has 40 heavy (non-hydrogen) atoms. The van der Waals surface area contributed by atoms with Gasteiger partial charge in [-0.1, -0.05) is 48.5 Å². The fourth-order valence-electron chi connectivity index (χ4n) is 10.5.